The lowest BCUT2D eigenvalue weighted by atomic mass is 9.75. The Hall–Kier alpha value is -2.37. The molecule has 1 N–H and O–H groups in total. The topological polar surface area (TPSA) is 89.6 Å². The van der Waals surface area contributed by atoms with E-state index in [9.17, 15) is 14.7 Å². The molecular weight excluding hydrogens is 310 g/mol. The van der Waals surface area contributed by atoms with Crippen molar-refractivity contribution in [3.63, 3.8) is 0 Å². The summed E-state index contributed by atoms with van der Waals surface area (Å²) in [6.45, 7) is 10.6. The zero-order valence-electron chi connectivity index (χ0n) is 14.9. The van der Waals surface area contributed by atoms with Gasteiger partial charge in [0.15, 0.2) is 17.0 Å². The maximum atomic E-state index is 12.4. The summed E-state index contributed by atoms with van der Waals surface area (Å²) in [5, 5.41) is 9.95. The number of hydrogen-bond donors (Lipinski definition) is 1. The molecule has 0 unspecified atom stereocenters. The minimum atomic E-state index is -0.803. The van der Waals surface area contributed by atoms with Gasteiger partial charge >= 0.3 is 5.97 Å². The third-order valence-corrected chi connectivity index (χ3v) is 3.68. The van der Waals surface area contributed by atoms with Gasteiger partial charge in [-0.2, -0.15) is 0 Å². The first-order valence-corrected chi connectivity index (χ1v) is 7.74. The van der Waals surface area contributed by atoms with E-state index in [1.54, 1.807) is 20.8 Å². The van der Waals surface area contributed by atoms with Crippen LogP contribution in [0.3, 0.4) is 0 Å². The number of ketones is 1. The Morgan fingerprint density at radius 3 is 2.42 bits per heavy atom. The Balaban J connectivity index is 2.17. The minimum absolute atomic E-state index is 0.00644. The number of benzene rings is 1. The number of nitrogens with zero attached hydrogens (tertiary/aromatic N) is 1. The molecule has 2 aromatic rings. The number of phenols is 1. The van der Waals surface area contributed by atoms with Gasteiger partial charge in [-0.25, -0.2) is 9.78 Å². The van der Waals surface area contributed by atoms with Gasteiger partial charge in [-0.05, 0) is 26.0 Å². The molecule has 0 amide bonds. The van der Waals surface area contributed by atoms with E-state index >= 15 is 0 Å². The zero-order valence-corrected chi connectivity index (χ0v) is 14.9. The summed E-state index contributed by atoms with van der Waals surface area (Å²) < 4.78 is 10.6. The number of rotatable bonds is 4. The number of ether oxygens (including phenoxy) is 1. The van der Waals surface area contributed by atoms with Gasteiger partial charge < -0.3 is 14.3 Å². The molecule has 1 aromatic heterocycles. The van der Waals surface area contributed by atoms with E-state index < -0.39 is 16.8 Å². The maximum Gasteiger partial charge on any atom is 0.338 e. The van der Waals surface area contributed by atoms with Crippen LogP contribution in [-0.2, 0) is 9.53 Å². The van der Waals surface area contributed by atoms with Gasteiger partial charge in [0.05, 0.1) is 11.0 Å². The fourth-order valence-corrected chi connectivity index (χ4v) is 2.65. The fraction of sp³-hybridized carbons (Fsp3) is 0.500. The van der Waals surface area contributed by atoms with Crippen molar-refractivity contribution < 1.29 is 23.8 Å². The number of aryl methyl sites for hydroxylation is 1. The summed E-state index contributed by atoms with van der Waals surface area (Å²) in [6, 6.07) is 2.75. The maximum absolute atomic E-state index is 12.4. The Kier molecular flexibility index (Phi) is 4.44. The number of oxazole rings is 1. The smallest absolute Gasteiger partial charge is 0.338 e. The normalized spacial score (nSPS) is 12.4. The van der Waals surface area contributed by atoms with E-state index in [1.807, 2.05) is 20.8 Å². The number of carbonyl (C=O) groups is 2. The summed E-state index contributed by atoms with van der Waals surface area (Å²) in [4.78, 5) is 28.7. The van der Waals surface area contributed by atoms with Crippen LogP contribution < -0.4 is 0 Å². The van der Waals surface area contributed by atoms with Gasteiger partial charge in [0.25, 0.3) is 0 Å². The van der Waals surface area contributed by atoms with Crippen LogP contribution in [0.1, 0.15) is 50.9 Å². The fourth-order valence-electron chi connectivity index (χ4n) is 2.65. The van der Waals surface area contributed by atoms with E-state index in [0.29, 0.717) is 17.0 Å². The standard InChI is InChI=1S/C18H23NO5/c1-10-19-14-12(20)7-11(8-13(14)24-10)15(21)23-9-18(5,6)16(22)17(2,3)4/h7-8,20H,9H2,1-6H3. The molecule has 24 heavy (non-hydrogen) atoms. The van der Waals surface area contributed by atoms with Crippen LogP contribution in [0, 0.1) is 17.8 Å². The zero-order chi connectivity index (χ0) is 18.3. The van der Waals surface area contributed by atoms with E-state index in [4.69, 9.17) is 9.15 Å². The largest absolute Gasteiger partial charge is 0.506 e. The molecule has 0 aliphatic rings. The molecule has 1 heterocycles. The van der Waals surface area contributed by atoms with Crippen LogP contribution in [-0.4, -0.2) is 28.4 Å². The van der Waals surface area contributed by atoms with Crippen molar-refractivity contribution in [2.45, 2.75) is 41.5 Å². The molecular formula is C18H23NO5. The third-order valence-electron chi connectivity index (χ3n) is 3.68. The quantitative estimate of drug-likeness (QED) is 0.859. The molecule has 0 saturated heterocycles. The number of carbonyl (C=O) groups excluding carboxylic acids is 2. The highest BCUT2D eigenvalue weighted by molar-refractivity contribution is 5.95. The summed E-state index contributed by atoms with van der Waals surface area (Å²) in [5.74, 6) is -0.382. The van der Waals surface area contributed by atoms with Gasteiger partial charge in [0.2, 0.25) is 0 Å². The van der Waals surface area contributed by atoms with Gasteiger partial charge in [-0.1, -0.05) is 20.8 Å². The van der Waals surface area contributed by atoms with Crippen LogP contribution in [0.25, 0.3) is 11.1 Å². The first kappa shape index (κ1) is 18.0. The second-order valence-electron chi connectivity index (χ2n) is 7.61. The van der Waals surface area contributed by atoms with Crippen molar-refractivity contribution in [1.82, 2.24) is 4.98 Å². The first-order chi connectivity index (χ1) is 10.9. The van der Waals surface area contributed by atoms with E-state index in [2.05, 4.69) is 4.98 Å². The first-order valence-electron chi connectivity index (χ1n) is 7.74. The molecule has 0 spiro atoms. The summed E-state index contributed by atoms with van der Waals surface area (Å²) in [5.41, 5.74) is -0.570. The van der Waals surface area contributed by atoms with Crippen molar-refractivity contribution >= 4 is 22.9 Å². The van der Waals surface area contributed by atoms with Gasteiger partial charge in [-0.15, -0.1) is 0 Å². The van der Waals surface area contributed by atoms with E-state index in [1.165, 1.54) is 12.1 Å². The number of Topliss-reactive ketones (excluding diaryl/α,β-unsaturated/α-hetero) is 1. The molecule has 6 nitrogen and oxygen atoms in total. The van der Waals surface area contributed by atoms with Gasteiger partial charge in [0, 0.05) is 12.3 Å². The molecule has 0 bridgehead atoms. The van der Waals surface area contributed by atoms with Crippen molar-refractivity contribution in [2.75, 3.05) is 6.61 Å². The highest BCUT2D eigenvalue weighted by atomic mass is 16.5. The van der Waals surface area contributed by atoms with Crippen LogP contribution >= 0.6 is 0 Å². The molecule has 0 atom stereocenters. The predicted molar refractivity (Wildman–Crippen MR) is 88.9 cm³/mol. The molecule has 0 radical (unpaired) electrons. The Bertz CT molecular complexity index is 796. The molecule has 2 rings (SSSR count). The number of fused-ring (bicyclic) bond motifs is 1. The second-order valence-corrected chi connectivity index (χ2v) is 7.61. The highest BCUT2D eigenvalue weighted by Gasteiger charge is 2.37. The van der Waals surface area contributed by atoms with Crippen molar-refractivity contribution in [3.8, 4) is 5.75 Å². The van der Waals surface area contributed by atoms with Crippen LogP contribution in [0.2, 0.25) is 0 Å². The van der Waals surface area contributed by atoms with Crippen LogP contribution in [0.15, 0.2) is 16.5 Å². The number of hydrogen-bond acceptors (Lipinski definition) is 6. The third kappa shape index (κ3) is 3.58. The molecule has 1 aromatic carbocycles. The lowest BCUT2D eigenvalue weighted by Crippen LogP contribution is -2.38. The van der Waals surface area contributed by atoms with E-state index in [0.717, 1.165) is 0 Å². The van der Waals surface area contributed by atoms with E-state index in [-0.39, 0.29) is 23.7 Å². The molecule has 0 aliphatic carbocycles. The number of aromatic nitrogens is 1. The van der Waals surface area contributed by atoms with Crippen LogP contribution in [0.5, 0.6) is 5.75 Å². The van der Waals surface area contributed by atoms with Crippen molar-refractivity contribution in [2.24, 2.45) is 10.8 Å². The minimum Gasteiger partial charge on any atom is -0.506 e. The average molecular weight is 333 g/mol. The number of aromatic hydroxyl groups is 1. The predicted octanol–water partition coefficient (Wildman–Crippen LogP) is 3.64. The Morgan fingerprint density at radius 2 is 1.83 bits per heavy atom. The average Bonchev–Trinajstić information content (AvgIpc) is 2.84. The second kappa shape index (κ2) is 5.92. The monoisotopic (exact) mass is 333 g/mol. The molecule has 0 fully saturated rings. The summed E-state index contributed by atoms with van der Waals surface area (Å²) in [7, 11) is 0. The Labute approximate surface area is 140 Å². The van der Waals surface area contributed by atoms with Crippen molar-refractivity contribution in [1.29, 1.82) is 0 Å². The SMILES string of the molecule is Cc1nc2c(O)cc(C(=O)OCC(C)(C)C(=O)C(C)(C)C)cc2o1. The Morgan fingerprint density at radius 1 is 1.21 bits per heavy atom. The molecule has 0 aliphatic heterocycles. The van der Waals surface area contributed by atoms with Crippen LogP contribution in [0.4, 0.5) is 0 Å². The number of phenolic OH excluding ortho intramolecular Hbond substituents is 1. The summed E-state index contributed by atoms with van der Waals surface area (Å²) >= 11 is 0. The lowest BCUT2D eigenvalue weighted by molar-refractivity contribution is -0.137. The number of esters is 1. The molecule has 0 saturated carbocycles. The summed E-state index contributed by atoms with van der Waals surface area (Å²) in [6.07, 6.45) is 0. The van der Waals surface area contributed by atoms with Gasteiger partial charge in [-0.3, -0.25) is 4.79 Å². The highest BCUT2D eigenvalue weighted by Crippen LogP contribution is 2.30. The van der Waals surface area contributed by atoms with Crippen molar-refractivity contribution in [3.05, 3.63) is 23.6 Å². The lowest BCUT2D eigenvalue weighted by Gasteiger charge is -2.30. The molecule has 6 heteroatoms. The molecule has 130 valence electrons. The van der Waals surface area contributed by atoms with Gasteiger partial charge in [0.1, 0.15) is 18.1 Å².